The van der Waals surface area contributed by atoms with Crippen molar-refractivity contribution in [3.63, 3.8) is 0 Å². The highest BCUT2D eigenvalue weighted by atomic mass is 15.1. The standard InChI is InChI=1S/C67H59N/c1-63(2)33-34-64(3,4)62-53(20-14-24-59(62)63)55-37-54-52-19-10-13-23-58(52)67(56-21-11-8-17-50(56)51-18-9-12-22-57(51)67)60(54)38-61(55)68(48-29-25-44(26-30-48)43-15-6-5-7-16-43)49-31-27-45(28-32-49)65-39-42-35-46-36-47(41-65)66(46,65)40-42/h5-32,37-38,42,46-47H,33-36,39-41H2,1-4H3. The van der Waals surface area contributed by atoms with Crippen molar-refractivity contribution in [1.29, 1.82) is 0 Å². The number of hydrogen-bond donors (Lipinski definition) is 0. The lowest BCUT2D eigenvalue weighted by atomic mass is 9.31. The number of fused-ring (bicyclic) bond motifs is 12. The fraction of sp³-hybridized carbons (Fsp3) is 0.284. The molecule has 5 unspecified atom stereocenters. The molecule has 8 aromatic carbocycles. The van der Waals surface area contributed by atoms with Crippen LogP contribution in [0.2, 0.25) is 0 Å². The molecule has 8 aromatic rings. The summed E-state index contributed by atoms with van der Waals surface area (Å²) in [4.78, 5) is 2.64. The molecular weight excluding hydrogens is 819 g/mol. The summed E-state index contributed by atoms with van der Waals surface area (Å²) in [5.41, 5.74) is 24.9. The van der Waals surface area contributed by atoms with Crippen molar-refractivity contribution in [2.75, 3.05) is 4.90 Å². The van der Waals surface area contributed by atoms with Crippen molar-refractivity contribution in [1.82, 2.24) is 0 Å². The highest BCUT2D eigenvalue weighted by molar-refractivity contribution is 6.00. The summed E-state index contributed by atoms with van der Waals surface area (Å²) in [7, 11) is 0. The molecule has 1 nitrogen and oxygen atoms in total. The van der Waals surface area contributed by atoms with E-state index in [4.69, 9.17) is 0 Å². The first-order chi connectivity index (χ1) is 33.1. The summed E-state index contributed by atoms with van der Waals surface area (Å²) in [6, 6.07) is 70.9. The first-order valence-electron chi connectivity index (χ1n) is 25.8. The molecule has 4 fully saturated rings. The Morgan fingerprint density at radius 3 is 1.62 bits per heavy atom. The van der Waals surface area contributed by atoms with Gasteiger partial charge < -0.3 is 4.90 Å². The summed E-state index contributed by atoms with van der Waals surface area (Å²) < 4.78 is 0. The maximum atomic E-state index is 2.66. The summed E-state index contributed by atoms with van der Waals surface area (Å²) in [5.74, 6) is 2.84. The van der Waals surface area contributed by atoms with Crippen LogP contribution in [0.25, 0.3) is 44.5 Å². The molecule has 4 saturated carbocycles. The zero-order valence-corrected chi connectivity index (χ0v) is 39.9. The Hall–Kier alpha value is -6.44. The predicted octanol–water partition coefficient (Wildman–Crippen LogP) is 17.3. The average Bonchev–Trinajstić information content (AvgIpc) is 4.06. The molecule has 2 spiro atoms. The number of hydrogen-bond acceptors (Lipinski definition) is 1. The van der Waals surface area contributed by atoms with Crippen molar-refractivity contribution < 1.29 is 0 Å². The van der Waals surface area contributed by atoms with E-state index in [-0.39, 0.29) is 10.8 Å². The molecule has 0 amide bonds. The lowest BCUT2D eigenvalue weighted by molar-refractivity contribution is -0.198. The molecule has 0 radical (unpaired) electrons. The van der Waals surface area contributed by atoms with Crippen molar-refractivity contribution in [2.24, 2.45) is 23.2 Å². The smallest absolute Gasteiger partial charge is 0.0726 e. The second-order valence-electron chi connectivity index (χ2n) is 23.6. The van der Waals surface area contributed by atoms with E-state index in [1.54, 1.807) is 5.56 Å². The minimum atomic E-state index is -0.462. The van der Waals surface area contributed by atoms with E-state index in [2.05, 4.69) is 215 Å². The Morgan fingerprint density at radius 2 is 0.971 bits per heavy atom. The second kappa shape index (κ2) is 13.4. The SMILES string of the molecule is CC1(C)CCC(C)(C)c2c(-c3cc4c(cc3N(c3ccc(-c5ccccc5)cc3)c3ccc(C56CC7CC8CC(C5)C86C7)cc3)C3(c5ccccc5-c5ccccc53)c3ccccc3-4)cccc21. The molecule has 0 heterocycles. The molecule has 332 valence electrons. The molecule has 0 aromatic heterocycles. The van der Waals surface area contributed by atoms with Gasteiger partial charge in [-0.1, -0.05) is 173 Å². The first kappa shape index (κ1) is 39.5. The van der Waals surface area contributed by atoms with Crippen LogP contribution in [0, 0.1) is 23.2 Å². The summed E-state index contributed by atoms with van der Waals surface area (Å²) in [6.45, 7) is 9.94. The number of rotatable bonds is 6. The lowest BCUT2D eigenvalue weighted by Crippen LogP contribution is -2.68. The van der Waals surface area contributed by atoms with E-state index < -0.39 is 5.41 Å². The normalized spacial score (nSPS) is 25.9. The third kappa shape index (κ3) is 4.83. The van der Waals surface area contributed by atoms with E-state index >= 15 is 0 Å². The largest absolute Gasteiger partial charge is 0.310 e. The maximum Gasteiger partial charge on any atom is 0.0726 e. The molecule has 0 aliphatic heterocycles. The fourth-order valence-corrected chi connectivity index (χ4v) is 17.0. The topological polar surface area (TPSA) is 3.24 Å². The zero-order chi connectivity index (χ0) is 45.4. The number of nitrogens with zero attached hydrogens (tertiary/aromatic N) is 1. The Balaban J connectivity index is 1.02. The van der Waals surface area contributed by atoms with Gasteiger partial charge in [0.2, 0.25) is 0 Å². The second-order valence-corrected chi connectivity index (χ2v) is 23.6. The van der Waals surface area contributed by atoms with Crippen LogP contribution in [0.15, 0.2) is 182 Å². The molecule has 15 rings (SSSR count). The van der Waals surface area contributed by atoms with Gasteiger partial charge in [0.25, 0.3) is 0 Å². The quantitative estimate of drug-likeness (QED) is 0.161. The van der Waals surface area contributed by atoms with Gasteiger partial charge in [-0.25, -0.2) is 0 Å². The molecule has 0 N–H and O–H groups in total. The minimum absolute atomic E-state index is 0.00338. The fourth-order valence-electron chi connectivity index (χ4n) is 17.0. The average molecular weight is 878 g/mol. The van der Waals surface area contributed by atoms with Gasteiger partial charge in [-0.05, 0) is 193 Å². The Labute approximate surface area is 402 Å². The van der Waals surface area contributed by atoms with Gasteiger partial charge in [0, 0.05) is 22.4 Å². The minimum Gasteiger partial charge on any atom is -0.310 e. The number of benzene rings is 8. The Kier molecular flexibility index (Phi) is 7.80. The van der Waals surface area contributed by atoms with Gasteiger partial charge in [0.15, 0.2) is 0 Å². The summed E-state index contributed by atoms with van der Waals surface area (Å²) in [6.07, 6.45) is 9.59. The van der Waals surface area contributed by atoms with Crippen LogP contribution in [0.5, 0.6) is 0 Å². The summed E-state index contributed by atoms with van der Waals surface area (Å²) in [5, 5.41) is 0. The predicted molar refractivity (Wildman–Crippen MR) is 281 cm³/mol. The van der Waals surface area contributed by atoms with E-state index in [0.29, 0.717) is 10.8 Å². The molecule has 7 aliphatic carbocycles. The van der Waals surface area contributed by atoms with E-state index in [9.17, 15) is 0 Å². The highest BCUT2D eigenvalue weighted by Crippen LogP contribution is 2.86. The molecule has 0 saturated heterocycles. The van der Waals surface area contributed by atoms with Crippen molar-refractivity contribution in [3.05, 3.63) is 221 Å². The molecular formula is C67H59N. The van der Waals surface area contributed by atoms with Crippen molar-refractivity contribution >= 4 is 17.1 Å². The molecule has 7 aliphatic rings. The van der Waals surface area contributed by atoms with Crippen LogP contribution in [0.4, 0.5) is 17.1 Å². The third-order valence-corrected chi connectivity index (χ3v) is 19.8. The first-order valence-corrected chi connectivity index (χ1v) is 25.8. The van der Waals surface area contributed by atoms with Crippen LogP contribution < -0.4 is 4.90 Å². The Bertz CT molecular complexity index is 3360. The van der Waals surface area contributed by atoms with Crippen LogP contribution in [0.1, 0.15) is 112 Å². The summed E-state index contributed by atoms with van der Waals surface area (Å²) >= 11 is 0. The van der Waals surface area contributed by atoms with Crippen molar-refractivity contribution in [3.8, 4) is 44.5 Å². The highest BCUT2D eigenvalue weighted by Gasteiger charge is 2.80. The van der Waals surface area contributed by atoms with Gasteiger partial charge in [0.05, 0.1) is 11.1 Å². The molecule has 2 bridgehead atoms. The van der Waals surface area contributed by atoms with Gasteiger partial charge in [-0.2, -0.15) is 0 Å². The van der Waals surface area contributed by atoms with Crippen LogP contribution in [0.3, 0.4) is 0 Å². The zero-order valence-electron chi connectivity index (χ0n) is 39.9. The molecule has 68 heavy (non-hydrogen) atoms. The van der Waals surface area contributed by atoms with E-state index in [1.807, 2.05) is 0 Å². The molecule has 5 atom stereocenters. The van der Waals surface area contributed by atoms with Crippen molar-refractivity contribution in [2.45, 2.75) is 94.3 Å². The Morgan fingerprint density at radius 1 is 0.412 bits per heavy atom. The lowest BCUT2D eigenvalue weighted by Gasteiger charge is -2.73. The van der Waals surface area contributed by atoms with Crippen LogP contribution >= 0.6 is 0 Å². The third-order valence-electron chi connectivity index (χ3n) is 19.8. The molecule has 1 heteroatoms. The monoisotopic (exact) mass is 877 g/mol. The van der Waals surface area contributed by atoms with Crippen LogP contribution in [-0.2, 0) is 21.7 Å². The van der Waals surface area contributed by atoms with Gasteiger partial charge >= 0.3 is 0 Å². The van der Waals surface area contributed by atoms with Gasteiger partial charge in [-0.15, -0.1) is 0 Å². The van der Waals surface area contributed by atoms with Gasteiger partial charge in [-0.3, -0.25) is 0 Å². The van der Waals surface area contributed by atoms with Crippen LogP contribution in [-0.4, -0.2) is 0 Å². The number of anilines is 3. The van der Waals surface area contributed by atoms with E-state index in [1.165, 1.54) is 133 Å². The van der Waals surface area contributed by atoms with Gasteiger partial charge in [0.1, 0.15) is 0 Å². The van der Waals surface area contributed by atoms with E-state index in [0.717, 1.165) is 24.2 Å². The maximum absolute atomic E-state index is 2.66.